The molecule has 0 bridgehead atoms. The molecule has 0 saturated carbocycles. The predicted octanol–water partition coefficient (Wildman–Crippen LogP) is 1.99. The van der Waals surface area contributed by atoms with Crippen LogP contribution in [-0.2, 0) is 11.2 Å². The number of hydrogen-bond acceptors (Lipinski definition) is 3. The molecule has 2 rings (SSSR count). The lowest BCUT2D eigenvalue weighted by molar-refractivity contribution is -0.116. The van der Waals surface area contributed by atoms with Gasteiger partial charge < -0.3 is 10.1 Å². The molecule has 94 valence electrons. The lowest BCUT2D eigenvalue weighted by atomic mass is 10.1. The number of anilines is 1. The number of carbonyl (C=O) groups excluding carboxylic acids is 1. The van der Waals surface area contributed by atoms with E-state index in [0.717, 1.165) is 11.3 Å². The summed E-state index contributed by atoms with van der Waals surface area (Å²) in [5, 5.41) is 9.18. The largest absolute Gasteiger partial charge is 0.496 e. The zero-order valence-electron chi connectivity index (χ0n) is 10.1. The molecule has 0 radical (unpaired) electrons. The standard InChI is InChI=1S/C13H15N3O2/c1-18-11-5-3-2-4-10(11)6-7-13(17)15-12-8-9-14-16-12/h2-5,8-9H,6-7H2,1H3,(H2,14,15,16,17). The van der Waals surface area contributed by atoms with Crippen molar-refractivity contribution in [1.82, 2.24) is 10.2 Å². The van der Waals surface area contributed by atoms with Gasteiger partial charge in [-0.15, -0.1) is 0 Å². The third-order valence-corrected chi connectivity index (χ3v) is 2.59. The van der Waals surface area contributed by atoms with Crippen molar-refractivity contribution in [2.75, 3.05) is 12.4 Å². The normalized spacial score (nSPS) is 10.1. The van der Waals surface area contributed by atoms with Crippen LogP contribution in [0.1, 0.15) is 12.0 Å². The van der Waals surface area contributed by atoms with Crippen molar-refractivity contribution >= 4 is 11.7 Å². The Morgan fingerprint density at radius 3 is 2.94 bits per heavy atom. The number of aromatic amines is 1. The molecule has 0 unspecified atom stereocenters. The minimum atomic E-state index is -0.0508. The maximum absolute atomic E-state index is 11.7. The van der Waals surface area contributed by atoms with Crippen molar-refractivity contribution in [2.45, 2.75) is 12.8 Å². The Morgan fingerprint density at radius 1 is 1.39 bits per heavy atom. The summed E-state index contributed by atoms with van der Waals surface area (Å²) < 4.78 is 5.24. The Hall–Kier alpha value is -2.30. The third-order valence-electron chi connectivity index (χ3n) is 2.59. The molecule has 0 aliphatic carbocycles. The van der Waals surface area contributed by atoms with Gasteiger partial charge in [-0.2, -0.15) is 5.10 Å². The number of carbonyl (C=O) groups is 1. The summed E-state index contributed by atoms with van der Waals surface area (Å²) in [7, 11) is 1.63. The van der Waals surface area contributed by atoms with E-state index in [4.69, 9.17) is 4.74 Å². The molecule has 1 aromatic carbocycles. The Kier molecular flexibility index (Phi) is 3.96. The summed E-state index contributed by atoms with van der Waals surface area (Å²) in [5.74, 6) is 1.37. The second-order valence-corrected chi connectivity index (χ2v) is 3.83. The van der Waals surface area contributed by atoms with Crippen LogP contribution in [0.25, 0.3) is 0 Å². The van der Waals surface area contributed by atoms with Gasteiger partial charge in [-0.05, 0) is 18.1 Å². The number of aromatic nitrogens is 2. The fourth-order valence-corrected chi connectivity index (χ4v) is 1.70. The van der Waals surface area contributed by atoms with Gasteiger partial charge in [0, 0.05) is 12.5 Å². The Labute approximate surface area is 105 Å². The third kappa shape index (κ3) is 3.10. The SMILES string of the molecule is COc1ccccc1CCC(=O)Nc1ccn[nH]1. The number of aryl methyl sites for hydroxylation is 1. The number of benzene rings is 1. The van der Waals surface area contributed by atoms with Crippen molar-refractivity contribution < 1.29 is 9.53 Å². The average molecular weight is 245 g/mol. The lowest BCUT2D eigenvalue weighted by Crippen LogP contribution is -2.12. The van der Waals surface area contributed by atoms with Crippen LogP contribution >= 0.6 is 0 Å². The van der Waals surface area contributed by atoms with E-state index in [1.54, 1.807) is 19.4 Å². The summed E-state index contributed by atoms with van der Waals surface area (Å²) in [5.41, 5.74) is 1.03. The van der Waals surface area contributed by atoms with E-state index >= 15 is 0 Å². The molecule has 0 atom stereocenters. The van der Waals surface area contributed by atoms with E-state index in [9.17, 15) is 4.79 Å². The highest BCUT2D eigenvalue weighted by Gasteiger charge is 2.06. The molecular weight excluding hydrogens is 230 g/mol. The molecule has 0 fully saturated rings. The van der Waals surface area contributed by atoms with E-state index < -0.39 is 0 Å². The number of H-pyrrole nitrogens is 1. The van der Waals surface area contributed by atoms with E-state index in [-0.39, 0.29) is 5.91 Å². The molecule has 0 spiro atoms. The second kappa shape index (κ2) is 5.86. The summed E-state index contributed by atoms with van der Waals surface area (Å²) in [4.78, 5) is 11.7. The number of hydrogen-bond donors (Lipinski definition) is 2. The van der Waals surface area contributed by atoms with Gasteiger partial charge >= 0.3 is 0 Å². The van der Waals surface area contributed by atoms with Gasteiger partial charge in [0.1, 0.15) is 11.6 Å². The first-order chi connectivity index (χ1) is 8.79. The average Bonchev–Trinajstić information content (AvgIpc) is 2.89. The van der Waals surface area contributed by atoms with Crippen molar-refractivity contribution in [3.8, 4) is 5.75 Å². The van der Waals surface area contributed by atoms with Gasteiger partial charge in [0.25, 0.3) is 0 Å². The van der Waals surface area contributed by atoms with Gasteiger partial charge in [0.05, 0.1) is 13.3 Å². The van der Waals surface area contributed by atoms with E-state index in [1.807, 2.05) is 24.3 Å². The van der Waals surface area contributed by atoms with E-state index in [1.165, 1.54) is 0 Å². The molecule has 18 heavy (non-hydrogen) atoms. The number of para-hydroxylation sites is 1. The van der Waals surface area contributed by atoms with Gasteiger partial charge in [-0.3, -0.25) is 9.89 Å². The van der Waals surface area contributed by atoms with Crippen molar-refractivity contribution in [3.05, 3.63) is 42.1 Å². The molecule has 2 aromatic rings. The van der Waals surface area contributed by atoms with Crippen molar-refractivity contribution in [1.29, 1.82) is 0 Å². The smallest absolute Gasteiger partial charge is 0.225 e. The Bertz CT molecular complexity index is 509. The molecule has 2 N–H and O–H groups in total. The van der Waals surface area contributed by atoms with Crippen LogP contribution in [0.5, 0.6) is 5.75 Å². The summed E-state index contributed by atoms with van der Waals surface area (Å²) in [6, 6.07) is 9.41. The first kappa shape index (κ1) is 12.2. The van der Waals surface area contributed by atoms with Crippen LogP contribution in [0, 0.1) is 0 Å². The molecule has 0 aliphatic rings. The molecule has 1 aromatic heterocycles. The monoisotopic (exact) mass is 245 g/mol. The number of nitrogens with zero attached hydrogens (tertiary/aromatic N) is 1. The lowest BCUT2D eigenvalue weighted by Gasteiger charge is -2.07. The zero-order chi connectivity index (χ0) is 12.8. The van der Waals surface area contributed by atoms with Crippen LogP contribution in [-0.4, -0.2) is 23.2 Å². The highest BCUT2D eigenvalue weighted by molar-refractivity contribution is 5.89. The van der Waals surface area contributed by atoms with Gasteiger partial charge in [-0.25, -0.2) is 0 Å². The first-order valence-corrected chi connectivity index (χ1v) is 5.70. The fourth-order valence-electron chi connectivity index (χ4n) is 1.70. The molecule has 5 heteroatoms. The van der Waals surface area contributed by atoms with E-state index in [2.05, 4.69) is 15.5 Å². The maximum Gasteiger partial charge on any atom is 0.225 e. The molecule has 1 heterocycles. The molecule has 0 aliphatic heterocycles. The van der Waals surface area contributed by atoms with Crippen LogP contribution < -0.4 is 10.1 Å². The molecular formula is C13H15N3O2. The number of rotatable bonds is 5. The highest BCUT2D eigenvalue weighted by Crippen LogP contribution is 2.18. The Morgan fingerprint density at radius 2 is 2.22 bits per heavy atom. The number of ether oxygens (including phenoxy) is 1. The number of amides is 1. The van der Waals surface area contributed by atoms with E-state index in [0.29, 0.717) is 18.7 Å². The summed E-state index contributed by atoms with van der Waals surface area (Å²) >= 11 is 0. The summed E-state index contributed by atoms with van der Waals surface area (Å²) in [6.07, 6.45) is 2.64. The van der Waals surface area contributed by atoms with Gasteiger partial charge in [0.15, 0.2) is 0 Å². The minimum Gasteiger partial charge on any atom is -0.496 e. The fraction of sp³-hybridized carbons (Fsp3) is 0.231. The molecule has 5 nitrogen and oxygen atoms in total. The van der Waals surface area contributed by atoms with Crippen LogP contribution in [0.2, 0.25) is 0 Å². The molecule has 0 saturated heterocycles. The zero-order valence-corrected chi connectivity index (χ0v) is 10.1. The Balaban J connectivity index is 1.89. The minimum absolute atomic E-state index is 0.0508. The topological polar surface area (TPSA) is 67.0 Å². The van der Waals surface area contributed by atoms with Crippen molar-refractivity contribution in [2.24, 2.45) is 0 Å². The number of nitrogens with one attached hydrogen (secondary N) is 2. The van der Waals surface area contributed by atoms with Gasteiger partial charge in [-0.1, -0.05) is 18.2 Å². The quantitative estimate of drug-likeness (QED) is 0.846. The predicted molar refractivity (Wildman–Crippen MR) is 68.5 cm³/mol. The summed E-state index contributed by atoms with van der Waals surface area (Å²) in [6.45, 7) is 0. The molecule has 1 amide bonds. The van der Waals surface area contributed by atoms with Crippen LogP contribution in [0.4, 0.5) is 5.82 Å². The second-order valence-electron chi connectivity index (χ2n) is 3.83. The van der Waals surface area contributed by atoms with Crippen LogP contribution in [0.15, 0.2) is 36.5 Å². The highest BCUT2D eigenvalue weighted by atomic mass is 16.5. The van der Waals surface area contributed by atoms with Crippen molar-refractivity contribution in [3.63, 3.8) is 0 Å². The number of methoxy groups -OCH3 is 1. The van der Waals surface area contributed by atoms with Gasteiger partial charge in [0.2, 0.25) is 5.91 Å². The first-order valence-electron chi connectivity index (χ1n) is 5.70. The maximum atomic E-state index is 11.7. The van der Waals surface area contributed by atoms with Crippen LogP contribution in [0.3, 0.4) is 0 Å².